The Morgan fingerprint density at radius 1 is 1.27 bits per heavy atom. The Bertz CT molecular complexity index is 778. The first kappa shape index (κ1) is 22.5. The van der Waals surface area contributed by atoms with E-state index in [1.165, 1.54) is 11.0 Å². The normalized spacial score (nSPS) is 19.8. The maximum absolute atomic E-state index is 14.9. The number of carbonyl (C=O) groups is 2. The highest BCUT2D eigenvalue weighted by atomic mass is 32.2. The van der Waals surface area contributed by atoms with Gasteiger partial charge in [-0.1, -0.05) is 6.92 Å². The van der Waals surface area contributed by atoms with Crippen LogP contribution in [0.25, 0.3) is 0 Å². The summed E-state index contributed by atoms with van der Waals surface area (Å²) < 4.78 is 25.6. The number of thioether (sulfide) groups is 1. The zero-order valence-electron chi connectivity index (χ0n) is 18.0. The van der Waals surface area contributed by atoms with Gasteiger partial charge in [-0.3, -0.25) is 4.90 Å². The Morgan fingerprint density at radius 3 is 2.57 bits per heavy atom. The molecule has 0 aromatic heterocycles. The van der Waals surface area contributed by atoms with Gasteiger partial charge in [0.05, 0.1) is 17.9 Å². The Balaban J connectivity index is 1.60. The molecule has 2 aliphatic heterocycles. The van der Waals surface area contributed by atoms with Gasteiger partial charge < -0.3 is 19.3 Å². The van der Waals surface area contributed by atoms with Crippen molar-refractivity contribution in [3.63, 3.8) is 0 Å². The van der Waals surface area contributed by atoms with Gasteiger partial charge in [0.15, 0.2) is 0 Å². The number of benzene rings is 1. The average molecular weight is 440 g/mol. The summed E-state index contributed by atoms with van der Waals surface area (Å²) >= 11 is 1.71. The number of halogens is 1. The number of cyclic esters (lactones) is 1. The zero-order chi connectivity index (χ0) is 21.9. The van der Waals surface area contributed by atoms with Crippen LogP contribution in [-0.2, 0) is 9.47 Å². The van der Waals surface area contributed by atoms with Gasteiger partial charge in [0.1, 0.15) is 17.5 Å². The molecule has 0 spiro atoms. The smallest absolute Gasteiger partial charge is 0.414 e. The molecule has 9 heteroatoms. The molecule has 7 nitrogen and oxygen atoms in total. The van der Waals surface area contributed by atoms with Crippen molar-refractivity contribution in [2.45, 2.75) is 39.4 Å². The number of carbonyl (C=O) groups excluding carboxylic acids is 2. The number of hydrogen-bond donors (Lipinski definition) is 0. The van der Waals surface area contributed by atoms with Gasteiger partial charge in [-0.15, -0.1) is 0 Å². The third-order valence-corrected chi connectivity index (χ3v) is 5.91. The Hall–Kier alpha value is -2.16. The molecule has 166 valence electrons. The molecule has 0 aliphatic carbocycles. The quantitative estimate of drug-likeness (QED) is 0.692. The van der Waals surface area contributed by atoms with Crippen molar-refractivity contribution >= 4 is 35.3 Å². The largest absolute Gasteiger partial charge is 0.444 e. The van der Waals surface area contributed by atoms with Crippen LogP contribution in [0, 0.1) is 5.82 Å². The van der Waals surface area contributed by atoms with Gasteiger partial charge in [0, 0.05) is 31.9 Å². The van der Waals surface area contributed by atoms with Crippen LogP contribution in [0.1, 0.15) is 27.7 Å². The second-order valence-electron chi connectivity index (χ2n) is 8.37. The van der Waals surface area contributed by atoms with Crippen LogP contribution < -0.4 is 9.80 Å². The highest BCUT2D eigenvalue weighted by molar-refractivity contribution is 7.99. The van der Waals surface area contributed by atoms with E-state index >= 15 is 0 Å². The van der Waals surface area contributed by atoms with E-state index < -0.39 is 17.5 Å². The van der Waals surface area contributed by atoms with E-state index in [1.807, 2.05) is 25.7 Å². The van der Waals surface area contributed by atoms with Crippen molar-refractivity contribution in [2.24, 2.45) is 0 Å². The number of ether oxygens (including phenoxy) is 2. The van der Waals surface area contributed by atoms with Crippen molar-refractivity contribution in [2.75, 3.05) is 54.0 Å². The zero-order valence-corrected chi connectivity index (χ0v) is 18.8. The Labute approximate surface area is 181 Å². The minimum atomic E-state index is -0.541. The molecule has 2 saturated heterocycles. The lowest BCUT2D eigenvalue weighted by Crippen LogP contribution is -2.50. The summed E-state index contributed by atoms with van der Waals surface area (Å²) in [5.74, 6) is 1.30. The van der Waals surface area contributed by atoms with E-state index in [-0.39, 0.29) is 12.2 Å². The second kappa shape index (κ2) is 9.32. The predicted molar refractivity (Wildman–Crippen MR) is 117 cm³/mol. The van der Waals surface area contributed by atoms with Crippen LogP contribution >= 0.6 is 11.8 Å². The maximum Gasteiger partial charge on any atom is 0.414 e. The summed E-state index contributed by atoms with van der Waals surface area (Å²) in [5.41, 5.74) is 0.423. The number of hydrogen-bond acceptors (Lipinski definition) is 6. The highest BCUT2D eigenvalue weighted by Crippen LogP contribution is 2.29. The van der Waals surface area contributed by atoms with Crippen LogP contribution in [0.2, 0.25) is 0 Å². The van der Waals surface area contributed by atoms with Crippen LogP contribution in [0.4, 0.5) is 25.4 Å². The van der Waals surface area contributed by atoms with E-state index in [0.29, 0.717) is 44.1 Å². The molecule has 30 heavy (non-hydrogen) atoms. The van der Waals surface area contributed by atoms with Gasteiger partial charge in [0.2, 0.25) is 0 Å². The van der Waals surface area contributed by atoms with Gasteiger partial charge in [-0.05, 0) is 44.7 Å². The number of rotatable bonds is 5. The summed E-state index contributed by atoms with van der Waals surface area (Å²) in [7, 11) is 0. The summed E-state index contributed by atoms with van der Waals surface area (Å²) in [5, 5.41) is 0. The van der Waals surface area contributed by atoms with E-state index in [4.69, 9.17) is 9.47 Å². The molecule has 0 saturated carbocycles. The van der Waals surface area contributed by atoms with Crippen molar-refractivity contribution < 1.29 is 23.5 Å². The van der Waals surface area contributed by atoms with Crippen molar-refractivity contribution in [1.29, 1.82) is 0 Å². The molecular formula is C21H30FN3O4S. The second-order valence-corrected chi connectivity index (χ2v) is 9.68. The fourth-order valence-corrected chi connectivity index (χ4v) is 4.12. The fraction of sp³-hybridized carbons (Fsp3) is 0.619. The first-order valence-electron chi connectivity index (χ1n) is 10.3. The van der Waals surface area contributed by atoms with Crippen molar-refractivity contribution in [1.82, 2.24) is 4.90 Å². The molecule has 2 aliphatic rings. The standard InChI is InChI=1S/C21H30FN3O4S/c1-5-30-14-16-13-25(20(27)28-16)15-6-7-18(17(22)12-15)23-8-10-24(11-9-23)19(26)29-21(2,3)4/h6-7,12,16H,5,8-11,13-14H2,1-4H3. The lowest BCUT2D eigenvalue weighted by molar-refractivity contribution is 0.0240. The minimum Gasteiger partial charge on any atom is -0.444 e. The third kappa shape index (κ3) is 5.50. The predicted octanol–water partition coefficient (Wildman–Crippen LogP) is 3.96. The minimum absolute atomic E-state index is 0.175. The molecule has 2 heterocycles. The monoisotopic (exact) mass is 439 g/mol. The van der Waals surface area contributed by atoms with E-state index in [1.54, 1.807) is 28.8 Å². The van der Waals surface area contributed by atoms with Crippen molar-refractivity contribution in [3.8, 4) is 0 Å². The van der Waals surface area contributed by atoms with Gasteiger partial charge in [0.25, 0.3) is 0 Å². The van der Waals surface area contributed by atoms with Crippen LogP contribution in [0.15, 0.2) is 18.2 Å². The van der Waals surface area contributed by atoms with Crippen LogP contribution in [-0.4, -0.2) is 73.0 Å². The van der Waals surface area contributed by atoms with E-state index in [0.717, 1.165) is 11.5 Å². The fourth-order valence-electron chi connectivity index (χ4n) is 3.45. The van der Waals surface area contributed by atoms with E-state index in [2.05, 4.69) is 6.92 Å². The number of anilines is 2. The van der Waals surface area contributed by atoms with Gasteiger partial charge in [-0.2, -0.15) is 11.8 Å². The molecule has 1 atom stereocenters. The van der Waals surface area contributed by atoms with Crippen molar-refractivity contribution in [3.05, 3.63) is 24.0 Å². The first-order valence-corrected chi connectivity index (χ1v) is 11.4. The third-order valence-electron chi connectivity index (χ3n) is 4.90. The topological polar surface area (TPSA) is 62.3 Å². The molecule has 1 aromatic carbocycles. The summed E-state index contributed by atoms with van der Waals surface area (Å²) in [4.78, 5) is 29.4. The summed E-state index contributed by atoms with van der Waals surface area (Å²) in [6, 6.07) is 4.82. The number of amides is 2. The molecule has 1 unspecified atom stereocenters. The molecular weight excluding hydrogens is 409 g/mol. The molecule has 3 rings (SSSR count). The lowest BCUT2D eigenvalue weighted by atomic mass is 10.2. The SMILES string of the molecule is CCSCC1CN(c2ccc(N3CCN(C(=O)OC(C)(C)C)CC3)c(F)c2)C(=O)O1. The lowest BCUT2D eigenvalue weighted by Gasteiger charge is -2.37. The Morgan fingerprint density at radius 2 is 1.97 bits per heavy atom. The summed E-state index contributed by atoms with van der Waals surface area (Å²) in [6.45, 7) is 9.93. The molecule has 2 amide bonds. The molecule has 0 radical (unpaired) electrons. The average Bonchev–Trinajstić information content (AvgIpc) is 3.05. The Kier molecular flexibility index (Phi) is 7.00. The van der Waals surface area contributed by atoms with Gasteiger partial charge >= 0.3 is 12.2 Å². The maximum atomic E-state index is 14.9. The van der Waals surface area contributed by atoms with Gasteiger partial charge in [-0.25, -0.2) is 14.0 Å². The molecule has 1 aromatic rings. The molecule has 0 N–H and O–H groups in total. The number of nitrogens with zero attached hydrogens (tertiary/aromatic N) is 3. The number of piperazine rings is 1. The summed E-state index contributed by atoms with van der Waals surface area (Å²) in [6.07, 6.45) is -0.956. The van der Waals surface area contributed by atoms with Crippen LogP contribution in [0.3, 0.4) is 0 Å². The highest BCUT2D eigenvalue weighted by Gasteiger charge is 2.33. The van der Waals surface area contributed by atoms with Crippen LogP contribution in [0.5, 0.6) is 0 Å². The first-order chi connectivity index (χ1) is 14.2. The van der Waals surface area contributed by atoms with E-state index in [9.17, 15) is 14.0 Å². The molecule has 2 fully saturated rings. The molecule has 0 bridgehead atoms.